The first-order chi connectivity index (χ1) is 15.8. The molecule has 3 heteroatoms. The number of aliphatic hydroxyl groups excluding tert-OH is 1. The molecule has 0 spiro atoms. The molecule has 0 amide bonds. The number of aliphatic hydroxyl groups is 1. The van der Waals surface area contributed by atoms with Gasteiger partial charge in [0.15, 0.2) is 0 Å². The average Bonchev–Trinajstić information content (AvgIpc) is 3.18. The summed E-state index contributed by atoms with van der Waals surface area (Å²) in [6, 6.07) is 0. The number of ether oxygens (including phenoxy) is 1. The van der Waals surface area contributed by atoms with Crippen molar-refractivity contribution >= 4 is 5.97 Å². The molecule has 0 aromatic carbocycles. The Hall–Kier alpha value is -0.830. The largest absolute Gasteiger partial charge is 0.469 e. The van der Waals surface area contributed by atoms with E-state index in [1.54, 1.807) is 7.11 Å². The Kier molecular flexibility index (Phi) is 5.55. The van der Waals surface area contributed by atoms with Crippen molar-refractivity contribution < 1.29 is 14.6 Å². The monoisotopic (exact) mass is 470 g/mol. The zero-order chi connectivity index (χ0) is 24.9. The second kappa shape index (κ2) is 7.59. The van der Waals surface area contributed by atoms with Crippen molar-refractivity contribution in [2.24, 2.45) is 56.7 Å². The molecule has 1 N–H and O–H groups in total. The number of carbonyl (C=O) groups excluding carboxylic acids is 1. The lowest BCUT2D eigenvalue weighted by Crippen LogP contribution is -2.67. The van der Waals surface area contributed by atoms with Crippen LogP contribution in [0.25, 0.3) is 0 Å². The molecule has 0 bridgehead atoms. The molecule has 0 unspecified atom stereocenters. The second-order valence-electron chi connectivity index (χ2n) is 14.7. The lowest BCUT2D eigenvalue weighted by atomic mass is 9.32. The second-order valence-corrected chi connectivity index (χ2v) is 14.7. The number of allylic oxidation sites excluding steroid dienone is 1. The summed E-state index contributed by atoms with van der Waals surface area (Å²) in [5, 5.41) is 10.9. The highest BCUT2D eigenvalue weighted by atomic mass is 16.5. The van der Waals surface area contributed by atoms with Gasteiger partial charge in [-0.05, 0) is 122 Å². The molecule has 0 aliphatic heterocycles. The number of esters is 1. The van der Waals surface area contributed by atoms with E-state index in [-0.39, 0.29) is 33.7 Å². The van der Waals surface area contributed by atoms with Gasteiger partial charge in [0.1, 0.15) is 0 Å². The molecule has 192 valence electrons. The first-order valence-electron chi connectivity index (χ1n) is 14.2. The quantitative estimate of drug-likeness (QED) is 0.343. The fourth-order valence-electron chi connectivity index (χ4n) is 11.7. The molecule has 0 radical (unpaired) electrons. The average molecular weight is 471 g/mol. The maximum absolute atomic E-state index is 13.3. The summed E-state index contributed by atoms with van der Waals surface area (Å²) in [6.07, 6.45) is 11.1. The number of hydrogen-bond donors (Lipinski definition) is 1. The van der Waals surface area contributed by atoms with Crippen LogP contribution in [0.5, 0.6) is 0 Å². The summed E-state index contributed by atoms with van der Waals surface area (Å²) in [6.45, 7) is 19.1. The van der Waals surface area contributed by atoms with Gasteiger partial charge < -0.3 is 9.84 Å². The highest BCUT2D eigenvalue weighted by Gasteiger charge is 2.72. The summed E-state index contributed by atoms with van der Waals surface area (Å²) in [5.74, 6) is 2.72. The Morgan fingerprint density at radius 1 is 0.853 bits per heavy atom. The van der Waals surface area contributed by atoms with Crippen LogP contribution >= 0.6 is 0 Å². The van der Waals surface area contributed by atoms with Crippen LogP contribution in [-0.2, 0) is 9.53 Å². The van der Waals surface area contributed by atoms with E-state index in [2.05, 4.69) is 48.1 Å². The molecule has 5 aliphatic rings. The van der Waals surface area contributed by atoms with Gasteiger partial charge >= 0.3 is 5.97 Å². The third-order valence-corrected chi connectivity index (χ3v) is 13.6. The smallest absolute Gasteiger partial charge is 0.312 e. The number of fused-ring (bicyclic) bond motifs is 7. The van der Waals surface area contributed by atoms with Gasteiger partial charge in [-0.25, -0.2) is 0 Å². The minimum atomic E-state index is -0.302. The summed E-state index contributed by atoms with van der Waals surface area (Å²) in [4.78, 5) is 13.3. The van der Waals surface area contributed by atoms with E-state index < -0.39 is 0 Å². The van der Waals surface area contributed by atoms with Crippen LogP contribution in [0, 0.1) is 56.7 Å². The predicted molar refractivity (Wildman–Crippen MR) is 137 cm³/mol. The highest BCUT2D eigenvalue weighted by molar-refractivity contribution is 5.78. The Morgan fingerprint density at radius 2 is 1.56 bits per heavy atom. The summed E-state index contributed by atoms with van der Waals surface area (Å²) in [5.41, 5.74) is 1.78. The van der Waals surface area contributed by atoms with Crippen LogP contribution in [0.2, 0.25) is 0 Å². The molecule has 0 saturated heterocycles. The van der Waals surface area contributed by atoms with Crippen molar-refractivity contribution in [1.82, 2.24) is 0 Å². The van der Waals surface area contributed by atoms with E-state index in [0.29, 0.717) is 35.0 Å². The van der Waals surface area contributed by atoms with Crippen LogP contribution in [0.15, 0.2) is 12.2 Å². The SMILES string of the molecule is C=C(C)[C@@H]1CC[C@]2(C(=O)OC)CC[C@]3(C)[C@H](CC[C@@H]4[C@@]5(C)CC[C@H](O)C(C)(C)[C@@H]5CC[C@]43C)[C@H]12. The highest BCUT2D eigenvalue weighted by Crippen LogP contribution is 2.77. The molecule has 5 aliphatic carbocycles. The van der Waals surface area contributed by atoms with Gasteiger partial charge in [0.25, 0.3) is 0 Å². The van der Waals surface area contributed by atoms with Gasteiger partial charge in [-0.15, -0.1) is 0 Å². The van der Waals surface area contributed by atoms with E-state index >= 15 is 0 Å². The summed E-state index contributed by atoms with van der Waals surface area (Å²) >= 11 is 0. The molecule has 5 fully saturated rings. The molecule has 5 saturated carbocycles. The Bertz CT molecular complexity index is 876. The van der Waals surface area contributed by atoms with E-state index in [0.717, 1.165) is 38.5 Å². The minimum Gasteiger partial charge on any atom is -0.469 e. The van der Waals surface area contributed by atoms with Crippen LogP contribution in [0.3, 0.4) is 0 Å². The molecule has 10 atom stereocenters. The van der Waals surface area contributed by atoms with E-state index in [1.807, 2.05) is 0 Å². The first-order valence-corrected chi connectivity index (χ1v) is 14.2. The standard InChI is InChI=1S/C31H50O3/c1-19(2)20-11-16-31(26(33)34-8)18-17-29(6)21(25(20)31)9-10-23-28(5)14-13-24(32)27(3,4)22(28)12-15-30(23,29)7/h20-25,32H,1,9-18H2,2-8H3/t20-,21+,22-,23+,24-,25-,28-,29+,30+,31-/m0/s1. The van der Waals surface area contributed by atoms with E-state index in [4.69, 9.17) is 4.74 Å². The van der Waals surface area contributed by atoms with Crippen LogP contribution in [0.4, 0.5) is 0 Å². The van der Waals surface area contributed by atoms with Crippen LogP contribution in [0.1, 0.15) is 106 Å². The van der Waals surface area contributed by atoms with Crippen molar-refractivity contribution in [2.75, 3.05) is 7.11 Å². The fourth-order valence-corrected chi connectivity index (χ4v) is 11.7. The topological polar surface area (TPSA) is 46.5 Å². The van der Waals surface area contributed by atoms with Gasteiger partial charge in [0.2, 0.25) is 0 Å². The lowest BCUT2D eigenvalue weighted by Gasteiger charge is -2.72. The third kappa shape index (κ3) is 2.83. The molecule has 0 aromatic heterocycles. The molecule has 3 nitrogen and oxygen atoms in total. The maximum Gasteiger partial charge on any atom is 0.312 e. The molecule has 34 heavy (non-hydrogen) atoms. The van der Waals surface area contributed by atoms with Gasteiger partial charge in [0, 0.05) is 0 Å². The number of rotatable bonds is 2. The summed E-state index contributed by atoms with van der Waals surface area (Å²) < 4.78 is 5.49. The third-order valence-electron chi connectivity index (χ3n) is 13.6. The maximum atomic E-state index is 13.3. The molecular weight excluding hydrogens is 420 g/mol. The lowest BCUT2D eigenvalue weighted by molar-refractivity contribution is -0.248. The van der Waals surface area contributed by atoms with Crippen molar-refractivity contribution in [3.8, 4) is 0 Å². The molecule has 5 rings (SSSR count). The van der Waals surface area contributed by atoms with Gasteiger partial charge in [-0.2, -0.15) is 0 Å². The predicted octanol–water partition coefficient (Wildman–Crippen LogP) is 7.18. The van der Waals surface area contributed by atoms with Crippen molar-refractivity contribution in [2.45, 2.75) is 112 Å². The minimum absolute atomic E-state index is 0.00478. The molecular formula is C31H50O3. The van der Waals surface area contributed by atoms with Crippen molar-refractivity contribution in [3.05, 3.63) is 12.2 Å². The zero-order valence-electron chi connectivity index (χ0n) is 23.0. The van der Waals surface area contributed by atoms with Crippen molar-refractivity contribution in [1.29, 1.82) is 0 Å². The van der Waals surface area contributed by atoms with Crippen LogP contribution < -0.4 is 0 Å². The van der Waals surface area contributed by atoms with Crippen molar-refractivity contribution in [3.63, 3.8) is 0 Å². The normalized spacial score (nSPS) is 53.6. The number of carbonyl (C=O) groups is 1. The Labute approximate surface area is 208 Å². The van der Waals surface area contributed by atoms with Gasteiger partial charge in [0.05, 0.1) is 18.6 Å². The van der Waals surface area contributed by atoms with Gasteiger partial charge in [-0.1, -0.05) is 46.8 Å². The van der Waals surface area contributed by atoms with E-state index in [9.17, 15) is 9.90 Å². The summed E-state index contributed by atoms with van der Waals surface area (Å²) in [7, 11) is 1.59. The van der Waals surface area contributed by atoms with Crippen LogP contribution in [-0.4, -0.2) is 24.3 Å². The number of methoxy groups -OCH3 is 1. The molecule has 0 heterocycles. The number of hydrogen-bond acceptors (Lipinski definition) is 3. The molecule has 0 aromatic rings. The van der Waals surface area contributed by atoms with E-state index in [1.165, 1.54) is 31.3 Å². The Balaban J connectivity index is 1.56. The fraction of sp³-hybridized carbons (Fsp3) is 0.903. The zero-order valence-corrected chi connectivity index (χ0v) is 23.0. The first kappa shape index (κ1) is 24.8. The van der Waals surface area contributed by atoms with Gasteiger partial charge in [-0.3, -0.25) is 4.79 Å². The Morgan fingerprint density at radius 3 is 2.21 bits per heavy atom.